The lowest BCUT2D eigenvalue weighted by molar-refractivity contribution is 0.122. The SMILES string of the molecule is CNCC1CCc2nc(N3CCOCC3)ncc2C1. The van der Waals surface area contributed by atoms with E-state index in [0.29, 0.717) is 0 Å². The quantitative estimate of drug-likeness (QED) is 0.866. The zero-order valence-electron chi connectivity index (χ0n) is 11.6. The van der Waals surface area contributed by atoms with Crippen molar-refractivity contribution < 1.29 is 4.74 Å². The fraction of sp³-hybridized carbons (Fsp3) is 0.714. The van der Waals surface area contributed by atoms with Crippen molar-refractivity contribution in [3.63, 3.8) is 0 Å². The second kappa shape index (κ2) is 5.84. The maximum atomic E-state index is 5.37. The molecule has 1 aliphatic heterocycles. The van der Waals surface area contributed by atoms with Gasteiger partial charge in [-0.2, -0.15) is 0 Å². The molecule has 5 heteroatoms. The summed E-state index contributed by atoms with van der Waals surface area (Å²) in [5, 5.41) is 3.27. The zero-order valence-corrected chi connectivity index (χ0v) is 11.6. The Balaban J connectivity index is 1.73. The highest BCUT2D eigenvalue weighted by Crippen LogP contribution is 2.25. The number of ether oxygens (including phenoxy) is 1. The second-order valence-corrected chi connectivity index (χ2v) is 5.41. The molecule has 1 unspecified atom stereocenters. The van der Waals surface area contributed by atoms with Gasteiger partial charge >= 0.3 is 0 Å². The molecular weight excluding hydrogens is 240 g/mol. The number of morpholine rings is 1. The van der Waals surface area contributed by atoms with Crippen LogP contribution < -0.4 is 10.2 Å². The third kappa shape index (κ3) is 2.87. The monoisotopic (exact) mass is 262 g/mol. The van der Waals surface area contributed by atoms with Gasteiger partial charge in [-0.05, 0) is 44.3 Å². The molecule has 19 heavy (non-hydrogen) atoms. The summed E-state index contributed by atoms with van der Waals surface area (Å²) in [4.78, 5) is 11.5. The van der Waals surface area contributed by atoms with Crippen LogP contribution in [0.15, 0.2) is 6.20 Å². The van der Waals surface area contributed by atoms with Crippen molar-refractivity contribution in [2.24, 2.45) is 5.92 Å². The lowest BCUT2D eigenvalue weighted by Crippen LogP contribution is -2.37. The molecule has 2 heterocycles. The number of rotatable bonds is 3. The van der Waals surface area contributed by atoms with Gasteiger partial charge in [-0.25, -0.2) is 9.97 Å². The highest BCUT2D eigenvalue weighted by Gasteiger charge is 2.21. The summed E-state index contributed by atoms with van der Waals surface area (Å²) >= 11 is 0. The molecule has 1 aromatic heterocycles. The van der Waals surface area contributed by atoms with Crippen LogP contribution in [0.4, 0.5) is 5.95 Å². The van der Waals surface area contributed by atoms with Crippen LogP contribution in [0.1, 0.15) is 17.7 Å². The number of hydrogen-bond acceptors (Lipinski definition) is 5. The number of hydrogen-bond donors (Lipinski definition) is 1. The molecule has 0 amide bonds. The summed E-state index contributed by atoms with van der Waals surface area (Å²) in [6, 6.07) is 0. The topological polar surface area (TPSA) is 50.3 Å². The van der Waals surface area contributed by atoms with E-state index in [-0.39, 0.29) is 0 Å². The minimum Gasteiger partial charge on any atom is -0.378 e. The van der Waals surface area contributed by atoms with E-state index >= 15 is 0 Å². The molecule has 104 valence electrons. The van der Waals surface area contributed by atoms with Crippen LogP contribution in [0.2, 0.25) is 0 Å². The van der Waals surface area contributed by atoms with Crippen molar-refractivity contribution in [2.75, 3.05) is 44.8 Å². The van der Waals surface area contributed by atoms with Crippen molar-refractivity contribution in [3.05, 3.63) is 17.5 Å². The predicted octanol–water partition coefficient (Wildman–Crippen LogP) is 0.638. The first-order valence-corrected chi connectivity index (χ1v) is 7.19. The molecular formula is C14H22N4O. The van der Waals surface area contributed by atoms with Crippen LogP contribution in [-0.2, 0) is 17.6 Å². The minimum atomic E-state index is 0.732. The number of aryl methyl sites for hydroxylation is 1. The van der Waals surface area contributed by atoms with E-state index < -0.39 is 0 Å². The molecule has 0 aromatic carbocycles. The molecule has 0 radical (unpaired) electrons. The number of nitrogens with one attached hydrogen (secondary N) is 1. The Labute approximate surface area is 114 Å². The van der Waals surface area contributed by atoms with Gasteiger partial charge in [0.25, 0.3) is 0 Å². The second-order valence-electron chi connectivity index (χ2n) is 5.41. The van der Waals surface area contributed by atoms with Gasteiger partial charge in [0, 0.05) is 25.0 Å². The Bertz CT molecular complexity index is 431. The third-order valence-corrected chi connectivity index (χ3v) is 4.03. The van der Waals surface area contributed by atoms with E-state index in [1.807, 2.05) is 13.2 Å². The summed E-state index contributed by atoms with van der Waals surface area (Å²) in [6.45, 7) is 4.46. The summed E-state index contributed by atoms with van der Waals surface area (Å²) in [7, 11) is 2.02. The van der Waals surface area contributed by atoms with Crippen LogP contribution in [0.3, 0.4) is 0 Å². The summed E-state index contributed by atoms with van der Waals surface area (Å²) in [5.41, 5.74) is 2.59. The Morgan fingerprint density at radius 1 is 1.42 bits per heavy atom. The molecule has 3 rings (SSSR count). The Morgan fingerprint density at radius 3 is 3.05 bits per heavy atom. The van der Waals surface area contributed by atoms with Crippen LogP contribution in [0, 0.1) is 5.92 Å². The van der Waals surface area contributed by atoms with E-state index in [9.17, 15) is 0 Å². The van der Waals surface area contributed by atoms with Gasteiger partial charge in [-0.15, -0.1) is 0 Å². The standard InChI is InChI=1S/C14H22N4O/c1-15-9-11-2-3-13-12(8-11)10-16-14(17-13)18-4-6-19-7-5-18/h10-11,15H,2-9H2,1H3. The molecule has 2 aliphatic rings. The van der Waals surface area contributed by atoms with Gasteiger partial charge in [-0.3, -0.25) is 0 Å². The molecule has 0 spiro atoms. The minimum absolute atomic E-state index is 0.732. The van der Waals surface area contributed by atoms with E-state index in [1.165, 1.54) is 17.7 Å². The fourth-order valence-electron chi connectivity index (χ4n) is 2.95. The largest absolute Gasteiger partial charge is 0.378 e. The number of fused-ring (bicyclic) bond motifs is 1. The Kier molecular flexibility index (Phi) is 3.94. The number of nitrogens with zero attached hydrogens (tertiary/aromatic N) is 3. The summed E-state index contributed by atoms with van der Waals surface area (Å²) in [5.74, 6) is 1.62. The van der Waals surface area contributed by atoms with E-state index in [0.717, 1.165) is 57.6 Å². The average Bonchev–Trinajstić information content (AvgIpc) is 2.48. The van der Waals surface area contributed by atoms with Gasteiger partial charge in [0.2, 0.25) is 5.95 Å². The van der Waals surface area contributed by atoms with Crippen LogP contribution in [0.5, 0.6) is 0 Å². The van der Waals surface area contributed by atoms with Crippen molar-refractivity contribution in [1.29, 1.82) is 0 Å². The Morgan fingerprint density at radius 2 is 2.26 bits per heavy atom. The summed E-state index contributed by atoms with van der Waals surface area (Å²) in [6.07, 6.45) is 5.46. The van der Waals surface area contributed by atoms with Crippen molar-refractivity contribution in [3.8, 4) is 0 Å². The highest BCUT2D eigenvalue weighted by atomic mass is 16.5. The molecule has 1 aromatic rings. The average molecular weight is 262 g/mol. The Hall–Kier alpha value is -1.20. The first-order chi connectivity index (χ1) is 9.36. The molecule has 1 N–H and O–H groups in total. The number of aromatic nitrogens is 2. The first-order valence-electron chi connectivity index (χ1n) is 7.19. The van der Waals surface area contributed by atoms with Crippen LogP contribution >= 0.6 is 0 Å². The first kappa shape index (κ1) is 12.8. The molecule has 0 saturated carbocycles. The zero-order chi connectivity index (χ0) is 13.1. The molecule has 1 fully saturated rings. The van der Waals surface area contributed by atoms with Gasteiger partial charge < -0.3 is 15.0 Å². The van der Waals surface area contributed by atoms with E-state index in [2.05, 4.69) is 15.2 Å². The number of anilines is 1. The molecule has 1 saturated heterocycles. The van der Waals surface area contributed by atoms with Crippen molar-refractivity contribution in [2.45, 2.75) is 19.3 Å². The fourth-order valence-corrected chi connectivity index (χ4v) is 2.95. The molecule has 1 aliphatic carbocycles. The predicted molar refractivity (Wildman–Crippen MR) is 74.5 cm³/mol. The van der Waals surface area contributed by atoms with Crippen molar-refractivity contribution >= 4 is 5.95 Å². The van der Waals surface area contributed by atoms with Gasteiger partial charge in [0.15, 0.2) is 0 Å². The van der Waals surface area contributed by atoms with Gasteiger partial charge in [0.1, 0.15) is 0 Å². The van der Waals surface area contributed by atoms with E-state index in [4.69, 9.17) is 9.72 Å². The normalized spacial score (nSPS) is 23.2. The highest BCUT2D eigenvalue weighted by molar-refractivity contribution is 5.34. The smallest absolute Gasteiger partial charge is 0.225 e. The molecule has 1 atom stereocenters. The lowest BCUT2D eigenvalue weighted by Gasteiger charge is -2.29. The lowest BCUT2D eigenvalue weighted by atomic mass is 9.87. The maximum absolute atomic E-state index is 5.37. The maximum Gasteiger partial charge on any atom is 0.225 e. The van der Waals surface area contributed by atoms with Crippen LogP contribution in [0.25, 0.3) is 0 Å². The van der Waals surface area contributed by atoms with Crippen LogP contribution in [-0.4, -0.2) is 49.9 Å². The van der Waals surface area contributed by atoms with Crippen molar-refractivity contribution in [1.82, 2.24) is 15.3 Å². The molecule has 5 nitrogen and oxygen atoms in total. The summed E-state index contributed by atoms with van der Waals surface area (Å²) < 4.78 is 5.37. The van der Waals surface area contributed by atoms with Gasteiger partial charge in [-0.1, -0.05) is 0 Å². The van der Waals surface area contributed by atoms with Gasteiger partial charge in [0.05, 0.1) is 13.2 Å². The third-order valence-electron chi connectivity index (χ3n) is 4.03. The van der Waals surface area contributed by atoms with E-state index in [1.54, 1.807) is 0 Å². The molecule has 0 bridgehead atoms.